The van der Waals surface area contributed by atoms with Gasteiger partial charge < -0.3 is 0 Å². The lowest BCUT2D eigenvalue weighted by molar-refractivity contribution is 0.772. The van der Waals surface area contributed by atoms with Gasteiger partial charge in [-0.3, -0.25) is 9.67 Å². The summed E-state index contributed by atoms with van der Waals surface area (Å²) in [4.78, 5) is 4.26. The number of benzene rings is 1. The quantitative estimate of drug-likeness (QED) is 0.679. The summed E-state index contributed by atoms with van der Waals surface area (Å²) in [6, 6.07) is 12.7. The Morgan fingerprint density at radius 3 is 2.81 bits per heavy atom. The van der Waals surface area contributed by atoms with Crippen LogP contribution in [0.1, 0.15) is 17.5 Å². The molecule has 0 atom stereocenters. The summed E-state index contributed by atoms with van der Waals surface area (Å²) in [6.45, 7) is 0. The van der Waals surface area contributed by atoms with Crippen molar-refractivity contribution >= 4 is 0 Å². The first-order valence-electron chi connectivity index (χ1n) is 7.39. The second kappa shape index (κ2) is 4.85. The summed E-state index contributed by atoms with van der Waals surface area (Å²) in [5.41, 5.74) is 7.55. The fourth-order valence-corrected chi connectivity index (χ4v) is 3.31. The van der Waals surface area contributed by atoms with Gasteiger partial charge in [0.25, 0.3) is 0 Å². The maximum atomic E-state index is 4.82. The zero-order chi connectivity index (χ0) is 14.2. The summed E-state index contributed by atoms with van der Waals surface area (Å²) >= 11 is 0. The number of hydrogen-bond acceptors (Lipinski definition) is 2. The second-order valence-corrected chi connectivity index (χ2v) is 5.55. The van der Waals surface area contributed by atoms with Crippen LogP contribution in [0.5, 0.6) is 0 Å². The predicted octanol–water partition coefficient (Wildman–Crippen LogP) is 3.64. The first-order valence-corrected chi connectivity index (χ1v) is 7.39. The zero-order valence-electron chi connectivity index (χ0n) is 12.1. The Labute approximate surface area is 124 Å². The first-order chi connectivity index (χ1) is 10.3. The van der Waals surface area contributed by atoms with E-state index in [2.05, 4.69) is 35.3 Å². The van der Waals surface area contributed by atoms with Crippen molar-refractivity contribution in [3.05, 3.63) is 59.9 Å². The highest BCUT2D eigenvalue weighted by Gasteiger charge is 2.22. The Balaban J connectivity index is 1.97. The lowest BCUT2D eigenvalue weighted by Gasteiger charge is -2.05. The molecule has 3 nitrogen and oxygen atoms in total. The van der Waals surface area contributed by atoms with Crippen molar-refractivity contribution in [3.8, 4) is 22.5 Å². The highest BCUT2D eigenvalue weighted by atomic mass is 15.3. The van der Waals surface area contributed by atoms with E-state index in [0.29, 0.717) is 0 Å². The van der Waals surface area contributed by atoms with Crippen LogP contribution in [-0.4, -0.2) is 14.8 Å². The molecule has 0 N–H and O–H groups in total. The molecule has 0 unspecified atom stereocenters. The average molecular weight is 275 g/mol. The van der Waals surface area contributed by atoms with Gasteiger partial charge in [-0.1, -0.05) is 24.3 Å². The number of pyridine rings is 1. The van der Waals surface area contributed by atoms with Gasteiger partial charge in [-0.25, -0.2) is 0 Å². The van der Waals surface area contributed by atoms with Gasteiger partial charge in [0, 0.05) is 36.1 Å². The molecular formula is C18H17N3. The number of nitrogens with zero attached hydrogens (tertiary/aromatic N) is 3. The molecule has 0 fully saturated rings. The molecule has 0 spiro atoms. The van der Waals surface area contributed by atoms with Gasteiger partial charge in [0.05, 0.1) is 11.4 Å². The summed E-state index contributed by atoms with van der Waals surface area (Å²) in [5, 5.41) is 4.82. The van der Waals surface area contributed by atoms with Crippen LogP contribution in [0.3, 0.4) is 0 Å². The summed E-state index contributed by atoms with van der Waals surface area (Å²) in [7, 11) is 2.03. The van der Waals surface area contributed by atoms with Crippen molar-refractivity contribution in [2.75, 3.05) is 0 Å². The van der Waals surface area contributed by atoms with Crippen LogP contribution >= 0.6 is 0 Å². The molecule has 0 amide bonds. The fraction of sp³-hybridized carbons (Fsp3) is 0.222. The van der Waals surface area contributed by atoms with Crippen LogP contribution < -0.4 is 0 Å². The highest BCUT2D eigenvalue weighted by molar-refractivity contribution is 5.76. The number of aromatic nitrogens is 3. The molecule has 1 aromatic carbocycles. The van der Waals surface area contributed by atoms with Gasteiger partial charge in [0.15, 0.2) is 0 Å². The Morgan fingerprint density at radius 2 is 1.95 bits per heavy atom. The van der Waals surface area contributed by atoms with E-state index >= 15 is 0 Å². The van der Waals surface area contributed by atoms with Crippen LogP contribution in [-0.2, 0) is 19.9 Å². The lowest BCUT2D eigenvalue weighted by Crippen LogP contribution is -1.97. The minimum absolute atomic E-state index is 1.07. The Morgan fingerprint density at radius 1 is 1.05 bits per heavy atom. The lowest BCUT2D eigenvalue weighted by atomic mass is 10.0. The van der Waals surface area contributed by atoms with E-state index in [4.69, 9.17) is 5.10 Å². The van der Waals surface area contributed by atoms with E-state index in [-0.39, 0.29) is 0 Å². The molecule has 0 bridgehead atoms. The molecule has 0 radical (unpaired) electrons. The number of rotatable bonds is 1. The van der Waals surface area contributed by atoms with Crippen molar-refractivity contribution in [2.45, 2.75) is 19.3 Å². The maximum Gasteiger partial charge on any atom is 0.0964 e. The van der Waals surface area contributed by atoms with Gasteiger partial charge >= 0.3 is 0 Å². The molecule has 1 aliphatic carbocycles. The van der Waals surface area contributed by atoms with Crippen molar-refractivity contribution in [2.24, 2.45) is 7.05 Å². The minimum atomic E-state index is 1.07. The molecule has 2 aromatic heterocycles. The molecular weight excluding hydrogens is 258 g/mol. The Kier molecular flexibility index (Phi) is 2.85. The van der Waals surface area contributed by atoms with Crippen LogP contribution in [0, 0.1) is 0 Å². The highest BCUT2D eigenvalue weighted by Crippen LogP contribution is 2.36. The largest absolute Gasteiger partial charge is 0.267 e. The molecule has 0 saturated heterocycles. The number of fused-ring (bicyclic) bond motifs is 3. The monoisotopic (exact) mass is 275 g/mol. The standard InChI is InChI=1S/C18H17N3/c1-21-18(14-8-5-11-19-12-14)16-10-4-7-13-6-2-3-9-15(13)17(16)20-21/h2-3,5-6,8-9,11-12H,4,7,10H2,1H3. The van der Waals surface area contributed by atoms with Gasteiger partial charge in [-0.2, -0.15) is 5.10 Å². The van der Waals surface area contributed by atoms with E-state index in [0.717, 1.165) is 24.1 Å². The number of hydrogen-bond donors (Lipinski definition) is 0. The molecule has 0 aliphatic heterocycles. The third kappa shape index (κ3) is 1.97. The average Bonchev–Trinajstić information content (AvgIpc) is 2.74. The third-order valence-electron chi connectivity index (χ3n) is 4.23. The van der Waals surface area contributed by atoms with Crippen LogP contribution in [0.4, 0.5) is 0 Å². The van der Waals surface area contributed by atoms with Crippen molar-refractivity contribution in [1.29, 1.82) is 0 Å². The summed E-state index contributed by atoms with van der Waals surface area (Å²) in [6.07, 6.45) is 7.11. The van der Waals surface area contributed by atoms with Crippen molar-refractivity contribution in [3.63, 3.8) is 0 Å². The summed E-state index contributed by atoms with van der Waals surface area (Å²) < 4.78 is 2.00. The minimum Gasteiger partial charge on any atom is -0.267 e. The summed E-state index contributed by atoms with van der Waals surface area (Å²) in [5.74, 6) is 0. The molecule has 0 saturated carbocycles. The Bertz CT molecular complexity index is 787. The number of aryl methyl sites for hydroxylation is 2. The van der Waals surface area contributed by atoms with Crippen molar-refractivity contribution < 1.29 is 0 Å². The second-order valence-electron chi connectivity index (χ2n) is 5.55. The van der Waals surface area contributed by atoms with E-state index in [9.17, 15) is 0 Å². The fourth-order valence-electron chi connectivity index (χ4n) is 3.31. The van der Waals surface area contributed by atoms with Crippen LogP contribution in [0.2, 0.25) is 0 Å². The maximum absolute atomic E-state index is 4.82. The molecule has 4 rings (SSSR count). The van der Waals surface area contributed by atoms with Gasteiger partial charge in [-0.05, 0) is 37.0 Å². The molecule has 3 heteroatoms. The normalized spacial score (nSPS) is 13.4. The van der Waals surface area contributed by atoms with E-state index in [1.165, 1.54) is 28.8 Å². The predicted molar refractivity (Wildman–Crippen MR) is 83.9 cm³/mol. The smallest absolute Gasteiger partial charge is 0.0964 e. The van der Waals surface area contributed by atoms with Crippen LogP contribution in [0.25, 0.3) is 22.5 Å². The first kappa shape index (κ1) is 12.3. The molecule has 3 aromatic rings. The van der Waals surface area contributed by atoms with E-state index in [1.807, 2.05) is 30.2 Å². The zero-order valence-corrected chi connectivity index (χ0v) is 12.1. The van der Waals surface area contributed by atoms with E-state index in [1.54, 1.807) is 0 Å². The molecule has 21 heavy (non-hydrogen) atoms. The molecule has 104 valence electrons. The Hall–Kier alpha value is -2.42. The third-order valence-corrected chi connectivity index (χ3v) is 4.23. The van der Waals surface area contributed by atoms with Gasteiger partial charge in [-0.15, -0.1) is 0 Å². The SMILES string of the molecule is Cn1nc2c(c1-c1cccnc1)CCCc1ccccc1-2. The van der Waals surface area contributed by atoms with Gasteiger partial charge in [0.1, 0.15) is 0 Å². The van der Waals surface area contributed by atoms with Crippen molar-refractivity contribution in [1.82, 2.24) is 14.8 Å². The van der Waals surface area contributed by atoms with E-state index < -0.39 is 0 Å². The van der Waals surface area contributed by atoms with Gasteiger partial charge in [0.2, 0.25) is 0 Å². The molecule has 2 heterocycles. The topological polar surface area (TPSA) is 30.7 Å². The van der Waals surface area contributed by atoms with Crippen LogP contribution in [0.15, 0.2) is 48.8 Å². The molecule has 1 aliphatic rings.